The summed E-state index contributed by atoms with van der Waals surface area (Å²) < 4.78 is 62.9. The second kappa shape index (κ2) is 9.68. The molecule has 0 aromatic heterocycles. The molecule has 0 saturated carbocycles. The summed E-state index contributed by atoms with van der Waals surface area (Å²) in [6.07, 6.45) is 1.96. The fourth-order valence-electron chi connectivity index (χ4n) is 3.70. The summed E-state index contributed by atoms with van der Waals surface area (Å²) >= 11 is 0. The molecule has 0 unspecified atom stereocenters. The lowest BCUT2D eigenvalue weighted by Gasteiger charge is -2.31. The first-order chi connectivity index (χ1) is 15.0. The van der Waals surface area contributed by atoms with Gasteiger partial charge in [0.15, 0.2) is 9.84 Å². The SMILES string of the molecule is C[C@@H](NC(=O)C1CCN(S(=O)(=O)Cc2ccc(F)cc2)CC1)c1ccc(S(C)(=O)=O)cc1. The van der Waals surface area contributed by atoms with Crippen molar-refractivity contribution in [2.45, 2.75) is 36.5 Å². The van der Waals surface area contributed by atoms with Gasteiger partial charge in [0.05, 0.1) is 16.7 Å². The molecule has 1 aliphatic heterocycles. The molecule has 0 aliphatic carbocycles. The first-order valence-corrected chi connectivity index (χ1v) is 13.8. The minimum atomic E-state index is -3.55. The molecule has 0 bridgehead atoms. The zero-order valence-corrected chi connectivity index (χ0v) is 19.6. The molecule has 1 aliphatic rings. The Labute approximate surface area is 188 Å². The molecular formula is C22H27FN2O5S2. The van der Waals surface area contributed by atoms with E-state index >= 15 is 0 Å². The number of carbonyl (C=O) groups is 1. The van der Waals surface area contributed by atoms with Crippen LogP contribution in [0.25, 0.3) is 0 Å². The van der Waals surface area contributed by atoms with Gasteiger partial charge in [-0.2, -0.15) is 0 Å². The summed E-state index contributed by atoms with van der Waals surface area (Å²) in [7, 11) is -6.83. The number of nitrogens with one attached hydrogen (secondary N) is 1. The zero-order chi connectivity index (χ0) is 23.5. The van der Waals surface area contributed by atoms with E-state index in [1.165, 1.54) is 40.7 Å². The molecule has 10 heteroatoms. The minimum absolute atomic E-state index is 0.153. The molecule has 0 spiro atoms. The summed E-state index contributed by atoms with van der Waals surface area (Å²) in [5, 5.41) is 2.93. The number of sulfone groups is 1. The summed E-state index contributed by atoms with van der Waals surface area (Å²) in [6.45, 7) is 2.31. The molecule has 2 aromatic carbocycles. The van der Waals surface area contributed by atoms with Gasteiger partial charge in [0.1, 0.15) is 5.82 Å². The van der Waals surface area contributed by atoms with Crippen LogP contribution >= 0.6 is 0 Å². The third kappa shape index (κ3) is 6.14. The van der Waals surface area contributed by atoms with Crippen LogP contribution < -0.4 is 5.32 Å². The van der Waals surface area contributed by atoms with Crippen LogP contribution in [0.4, 0.5) is 4.39 Å². The van der Waals surface area contributed by atoms with Gasteiger partial charge >= 0.3 is 0 Å². The van der Waals surface area contributed by atoms with Crippen LogP contribution in [0.3, 0.4) is 0 Å². The lowest BCUT2D eigenvalue weighted by molar-refractivity contribution is -0.126. The molecule has 7 nitrogen and oxygen atoms in total. The Balaban J connectivity index is 1.54. The Morgan fingerprint density at radius 3 is 2.12 bits per heavy atom. The number of hydrogen-bond donors (Lipinski definition) is 1. The number of rotatable bonds is 7. The van der Waals surface area contributed by atoms with Crippen molar-refractivity contribution >= 4 is 25.8 Å². The third-order valence-corrected chi connectivity index (χ3v) is 8.63. The maximum Gasteiger partial charge on any atom is 0.223 e. The van der Waals surface area contributed by atoms with Gasteiger partial charge in [0.2, 0.25) is 15.9 Å². The van der Waals surface area contributed by atoms with Gasteiger partial charge in [-0.1, -0.05) is 24.3 Å². The van der Waals surface area contributed by atoms with Gasteiger partial charge in [-0.15, -0.1) is 0 Å². The highest BCUT2D eigenvalue weighted by atomic mass is 32.2. The fourth-order valence-corrected chi connectivity index (χ4v) is 5.89. The number of piperidine rings is 1. The Bertz CT molecular complexity index is 1160. The molecule has 174 valence electrons. The van der Waals surface area contributed by atoms with Gasteiger partial charge in [-0.05, 0) is 55.2 Å². The minimum Gasteiger partial charge on any atom is -0.349 e. The third-order valence-electron chi connectivity index (χ3n) is 5.65. The summed E-state index contributed by atoms with van der Waals surface area (Å²) in [4.78, 5) is 12.9. The Kier molecular flexibility index (Phi) is 7.36. The molecule has 1 saturated heterocycles. The van der Waals surface area contributed by atoms with Gasteiger partial charge in [0, 0.05) is 25.3 Å². The van der Waals surface area contributed by atoms with Crippen LogP contribution in [0.1, 0.15) is 36.9 Å². The fraction of sp³-hybridized carbons (Fsp3) is 0.409. The van der Waals surface area contributed by atoms with E-state index in [1.54, 1.807) is 12.1 Å². The predicted molar refractivity (Wildman–Crippen MR) is 119 cm³/mol. The van der Waals surface area contributed by atoms with E-state index in [0.29, 0.717) is 18.4 Å². The van der Waals surface area contributed by atoms with Crippen molar-refractivity contribution in [3.63, 3.8) is 0 Å². The normalized spacial score (nSPS) is 17.1. The first kappa shape index (κ1) is 24.3. The highest BCUT2D eigenvalue weighted by molar-refractivity contribution is 7.90. The molecule has 32 heavy (non-hydrogen) atoms. The van der Waals surface area contributed by atoms with Crippen LogP contribution in [0.2, 0.25) is 0 Å². The van der Waals surface area contributed by atoms with Gasteiger partial charge in [-0.3, -0.25) is 4.79 Å². The van der Waals surface area contributed by atoms with Crippen molar-refractivity contribution in [1.29, 1.82) is 0 Å². The average molecular weight is 483 g/mol. The standard InChI is InChI=1S/C22H27FN2O5S2/c1-16(18-5-9-21(10-6-18)31(2,27)28)24-22(26)19-11-13-25(14-12-19)32(29,30)15-17-3-7-20(23)8-4-17/h3-10,16,19H,11-15H2,1-2H3,(H,24,26)/t16-/m1/s1. The number of carbonyl (C=O) groups excluding carboxylic acids is 1. The van der Waals surface area contributed by atoms with Crippen molar-refractivity contribution in [3.05, 3.63) is 65.5 Å². The van der Waals surface area contributed by atoms with Crippen LogP contribution in [0.5, 0.6) is 0 Å². The molecule has 3 rings (SSSR count). The predicted octanol–water partition coefficient (Wildman–Crippen LogP) is 2.65. The monoisotopic (exact) mass is 482 g/mol. The number of amides is 1. The van der Waals surface area contributed by atoms with Gasteiger partial charge in [0.25, 0.3) is 0 Å². The highest BCUT2D eigenvalue weighted by Gasteiger charge is 2.31. The van der Waals surface area contributed by atoms with Crippen molar-refractivity contribution in [1.82, 2.24) is 9.62 Å². The first-order valence-electron chi connectivity index (χ1n) is 10.3. The second-order valence-electron chi connectivity index (χ2n) is 8.13. The summed E-state index contributed by atoms with van der Waals surface area (Å²) in [5.74, 6) is -1.08. The van der Waals surface area contributed by atoms with Crippen molar-refractivity contribution in [2.24, 2.45) is 5.92 Å². The molecule has 1 heterocycles. The molecule has 1 amide bonds. The maximum atomic E-state index is 13.0. The lowest BCUT2D eigenvalue weighted by Crippen LogP contribution is -2.43. The van der Waals surface area contributed by atoms with Gasteiger partial charge in [-0.25, -0.2) is 25.5 Å². The number of nitrogens with zero attached hydrogens (tertiary/aromatic N) is 1. The van der Waals surface area contributed by atoms with E-state index in [4.69, 9.17) is 0 Å². The Hall–Kier alpha value is -2.30. The van der Waals surface area contributed by atoms with Crippen LogP contribution in [0, 0.1) is 11.7 Å². The Morgan fingerprint density at radius 1 is 1.03 bits per heavy atom. The molecule has 1 fully saturated rings. The topological polar surface area (TPSA) is 101 Å². The summed E-state index contributed by atoms with van der Waals surface area (Å²) in [5.41, 5.74) is 1.30. The Morgan fingerprint density at radius 2 is 1.59 bits per heavy atom. The molecular weight excluding hydrogens is 455 g/mol. The van der Waals surface area contributed by atoms with Crippen LogP contribution in [0.15, 0.2) is 53.4 Å². The van der Waals surface area contributed by atoms with Crippen LogP contribution in [-0.2, 0) is 30.4 Å². The zero-order valence-electron chi connectivity index (χ0n) is 18.0. The lowest BCUT2D eigenvalue weighted by atomic mass is 9.96. The van der Waals surface area contributed by atoms with E-state index in [1.807, 2.05) is 6.92 Å². The highest BCUT2D eigenvalue weighted by Crippen LogP contribution is 2.23. The van der Waals surface area contributed by atoms with E-state index in [0.717, 1.165) is 11.8 Å². The van der Waals surface area contributed by atoms with Crippen LogP contribution in [-0.4, -0.2) is 46.4 Å². The molecule has 0 radical (unpaired) electrons. The van der Waals surface area contributed by atoms with E-state index in [-0.39, 0.29) is 41.6 Å². The largest absolute Gasteiger partial charge is 0.349 e. The smallest absolute Gasteiger partial charge is 0.223 e. The summed E-state index contributed by atoms with van der Waals surface area (Å²) in [6, 6.07) is 11.4. The molecule has 1 atom stereocenters. The van der Waals surface area contributed by atoms with Gasteiger partial charge < -0.3 is 5.32 Å². The second-order valence-corrected chi connectivity index (χ2v) is 12.1. The number of hydrogen-bond acceptors (Lipinski definition) is 5. The quantitative estimate of drug-likeness (QED) is 0.654. The van der Waals surface area contributed by atoms with E-state index < -0.39 is 25.7 Å². The maximum absolute atomic E-state index is 13.0. The average Bonchev–Trinajstić information content (AvgIpc) is 2.75. The van der Waals surface area contributed by atoms with Crippen molar-refractivity contribution < 1.29 is 26.0 Å². The van der Waals surface area contributed by atoms with E-state index in [9.17, 15) is 26.0 Å². The van der Waals surface area contributed by atoms with E-state index in [2.05, 4.69) is 5.32 Å². The van der Waals surface area contributed by atoms with Crippen molar-refractivity contribution in [3.8, 4) is 0 Å². The number of sulfonamides is 1. The molecule has 1 N–H and O–H groups in total. The number of halogens is 1. The molecule has 2 aromatic rings. The van der Waals surface area contributed by atoms with Crippen molar-refractivity contribution in [2.75, 3.05) is 19.3 Å². The number of benzene rings is 2.